The van der Waals surface area contributed by atoms with E-state index in [1.54, 1.807) is 18.5 Å². The van der Waals surface area contributed by atoms with Gasteiger partial charge in [0.05, 0.1) is 12.4 Å². The van der Waals surface area contributed by atoms with E-state index in [9.17, 15) is 0 Å². The Morgan fingerprint density at radius 3 is 1.62 bits per heavy atom. The first-order chi connectivity index (χ1) is 4.00. The lowest BCUT2D eigenvalue weighted by Gasteiger charge is -1.68. The molecule has 1 heterocycles. The molecule has 0 aliphatic carbocycles. The third-order valence-corrected chi connectivity index (χ3v) is 0.409. The Bertz CT molecular complexity index is 90.5. The number of hydrogen-bond acceptors (Lipinski definition) is 3. The van der Waals surface area contributed by atoms with Crippen LogP contribution in [-0.2, 0) is 0 Å². The van der Waals surface area contributed by atoms with Gasteiger partial charge in [-0.25, -0.2) is 0 Å². The van der Waals surface area contributed by atoms with Crippen LogP contribution >= 0.6 is 0 Å². The molecule has 42 valence electrons. The van der Waals surface area contributed by atoms with Gasteiger partial charge in [-0.1, -0.05) is 0 Å². The van der Waals surface area contributed by atoms with Gasteiger partial charge >= 0.3 is 0 Å². The summed E-state index contributed by atoms with van der Waals surface area (Å²) in [6.07, 6.45) is 3.15. The zero-order valence-electron chi connectivity index (χ0n) is 4.49. The summed E-state index contributed by atoms with van der Waals surface area (Å²) in [5.41, 5.74) is 0. The van der Waals surface area contributed by atoms with E-state index in [0.29, 0.717) is 0 Å². The Morgan fingerprint density at radius 1 is 1.00 bits per heavy atom. The molecule has 3 nitrogen and oxygen atoms in total. The Balaban J connectivity index is 0.000000222. The molecule has 0 radical (unpaired) electrons. The zero-order valence-corrected chi connectivity index (χ0v) is 4.49. The lowest BCUT2D eigenvalue weighted by molar-refractivity contribution is 0.865. The van der Waals surface area contributed by atoms with Crippen LogP contribution in [0.15, 0.2) is 31.6 Å². The molecular weight excluding hydrogens is 102 g/mol. The Hall–Kier alpha value is -1.25. The van der Waals surface area contributed by atoms with E-state index in [1.165, 1.54) is 0 Å². The van der Waals surface area contributed by atoms with Crippen molar-refractivity contribution in [1.29, 1.82) is 0 Å². The second-order valence-corrected chi connectivity index (χ2v) is 0.811. The third kappa shape index (κ3) is 2.96. The smallest absolute Gasteiger partial charge is 0.0529 e. The van der Waals surface area contributed by atoms with Crippen LogP contribution < -0.4 is 0 Å². The summed E-state index contributed by atoms with van der Waals surface area (Å²) in [5.74, 6) is 0. The fourth-order valence-corrected chi connectivity index (χ4v) is 0.205. The molecule has 0 unspecified atom stereocenters. The summed E-state index contributed by atoms with van der Waals surface area (Å²) >= 11 is 0. The first-order valence-corrected chi connectivity index (χ1v) is 2.08. The maximum Gasteiger partial charge on any atom is 0.0529 e. The lowest BCUT2D eigenvalue weighted by Crippen LogP contribution is -1.78. The van der Waals surface area contributed by atoms with Gasteiger partial charge in [0.25, 0.3) is 0 Å². The molecule has 0 aromatic carbocycles. The predicted molar refractivity (Wildman–Crippen MR) is 31.1 cm³/mol. The van der Waals surface area contributed by atoms with Crippen LogP contribution in [0.25, 0.3) is 0 Å². The molecule has 0 aliphatic heterocycles. The molecule has 1 aromatic heterocycles. The predicted octanol–water partition coefficient (Wildman–Crippen LogP) is 0.674. The van der Waals surface area contributed by atoms with E-state index in [2.05, 4.69) is 28.6 Å². The zero-order chi connectivity index (χ0) is 6.24. The Morgan fingerprint density at radius 2 is 1.50 bits per heavy atom. The van der Waals surface area contributed by atoms with Crippen LogP contribution in [0.3, 0.4) is 0 Å². The van der Waals surface area contributed by atoms with Gasteiger partial charge in [-0.3, -0.25) is 0 Å². The van der Waals surface area contributed by atoms with Crippen molar-refractivity contribution in [1.82, 2.24) is 15.4 Å². The minimum Gasteiger partial charge on any atom is -0.139 e. The fourth-order valence-electron chi connectivity index (χ4n) is 0.205. The van der Waals surface area contributed by atoms with Crippen LogP contribution in [0.2, 0.25) is 0 Å². The highest BCUT2D eigenvalue weighted by Gasteiger charge is 1.60. The lowest BCUT2D eigenvalue weighted by atomic mass is 10.7. The molecule has 0 bridgehead atoms. The van der Waals surface area contributed by atoms with Crippen molar-refractivity contribution in [3.8, 4) is 0 Å². The number of rotatable bonds is 0. The molecule has 3 heteroatoms. The largest absolute Gasteiger partial charge is 0.139 e. The molecule has 1 aromatic rings. The van der Waals surface area contributed by atoms with E-state index >= 15 is 0 Å². The normalized spacial score (nSPS) is 6.50. The maximum atomic E-state index is 3.42. The molecule has 0 saturated carbocycles. The third-order valence-electron chi connectivity index (χ3n) is 0.409. The number of aromatic nitrogens is 3. The Kier molecular flexibility index (Phi) is 4.85. The molecule has 0 spiro atoms. The van der Waals surface area contributed by atoms with Crippen LogP contribution in [-0.4, -0.2) is 15.4 Å². The van der Waals surface area contributed by atoms with Gasteiger partial charge < -0.3 is 0 Å². The highest BCUT2D eigenvalue weighted by Crippen LogP contribution is 1.61. The molecule has 0 amide bonds. The molecule has 0 atom stereocenters. The summed E-state index contributed by atoms with van der Waals surface area (Å²) in [6, 6.07) is 1.72. The highest BCUT2D eigenvalue weighted by atomic mass is 15.3. The van der Waals surface area contributed by atoms with Crippen molar-refractivity contribution < 1.29 is 0 Å². The van der Waals surface area contributed by atoms with Crippen molar-refractivity contribution >= 4 is 0 Å². The minimum atomic E-state index is 1.58. The van der Waals surface area contributed by atoms with E-state index in [1.807, 2.05) is 0 Å². The van der Waals surface area contributed by atoms with Gasteiger partial charge in [-0.2, -0.15) is 0 Å². The van der Waals surface area contributed by atoms with E-state index in [4.69, 9.17) is 0 Å². The summed E-state index contributed by atoms with van der Waals surface area (Å²) in [6.45, 7) is 6.00. The quantitative estimate of drug-likeness (QED) is 0.460. The average Bonchev–Trinajstić information content (AvgIpc) is 1.96. The van der Waals surface area contributed by atoms with Gasteiger partial charge in [0.2, 0.25) is 0 Å². The summed E-state index contributed by atoms with van der Waals surface area (Å²) < 4.78 is 0. The van der Waals surface area contributed by atoms with Crippen molar-refractivity contribution in [3.63, 3.8) is 0 Å². The van der Waals surface area contributed by atoms with Crippen LogP contribution in [0.5, 0.6) is 0 Å². The molecule has 8 heavy (non-hydrogen) atoms. The summed E-state index contributed by atoms with van der Waals surface area (Å²) in [7, 11) is 0. The van der Waals surface area contributed by atoms with Crippen LogP contribution in [0.1, 0.15) is 0 Å². The van der Waals surface area contributed by atoms with E-state index in [0.717, 1.165) is 0 Å². The van der Waals surface area contributed by atoms with Crippen molar-refractivity contribution in [2.75, 3.05) is 0 Å². The Labute approximate surface area is 48.1 Å². The monoisotopic (exact) mass is 109 g/mol. The molecule has 1 rings (SSSR count). The van der Waals surface area contributed by atoms with E-state index < -0.39 is 0 Å². The van der Waals surface area contributed by atoms with E-state index in [-0.39, 0.29) is 0 Å². The molecular formula is C5H7N3. The second kappa shape index (κ2) is 5.75. The average molecular weight is 109 g/mol. The maximum absolute atomic E-state index is 3.42. The SMILES string of the molecule is C=C.c1cnnnc1. The summed E-state index contributed by atoms with van der Waals surface area (Å²) in [4.78, 5) is 0. The molecule has 0 saturated heterocycles. The first-order valence-electron chi connectivity index (χ1n) is 2.08. The number of hydrogen-bond donors (Lipinski definition) is 0. The second-order valence-electron chi connectivity index (χ2n) is 0.811. The molecule has 0 N–H and O–H groups in total. The summed E-state index contributed by atoms with van der Waals surface area (Å²) in [5, 5.41) is 10.1. The van der Waals surface area contributed by atoms with Gasteiger partial charge in [-0.15, -0.1) is 23.4 Å². The standard InChI is InChI=1S/C3H3N3.C2H4/c1-2-4-6-5-3-1;1-2/h1-3H;1-2H2. The minimum absolute atomic E-state index is 1.58. The van der Waals surface area contributed by atoms with Gasteiger partial charge in [-0.05, 0) is 11.3 Å². The number of nitrogens with zero attached hydrogens (tertiary/aromatic N) is 3. The molecule has 0 aliphatic rings. The van der Waals surface area contributed by atoms with Crippen molar-refractivity contribution in [2.45, 2.75) is 0 Å². The van der Waals surface area contributed by atoms with Gasteiger partial charge in [0, 0.05) is 0 Å². The van der Waals surface area contributed by atoms with Crippen molar-refractivity contribution in [2.24, 2.45) is 0 Å². The van der Waals surface area contributed by atoms with Crippen LogP contribution in [0, 0.1) is 0 Å². The van der Waals surface area contributed by atoms with Crippen LogP contribution in [0.4, 0.5) is 0 Å². The highest BCUT2D eigenvalue weighted by molar-refractivity contribution is 4.69. The van der Waals surface area contributed by atoms with Gasteiger partial charge in [0.15, 0.2) is 0 Å². The van der Waals surface area contributed by atoms with Gasteiger partial charge in [0.1, 0.15) is 0 Å². The topological polar surface area (TPSA) is 38.7 Å². The fraction of sp³-hybridized carbons (Fsp3) is 0. The first kappa shape index (κ1) is 6.75. The van der Waals surface area contributed by atoms with Crippen molar-refractivity contribution in [3.05, 3.63) is 31.6 Å². The molecule has 0 fully saturated rings.